The van der Waals surface area contributed by atoms with Crippen molar-refractivity contribution in [2.24, 2.45) is 0 Å². The smallest absolute Gasteiger partial charge is 0.229 e. The number of fused-ring (bicyclic) bond motifs is 1. The average Bonchev–Trinajstić information content (AvgIpc) is 3.56. The molecule has 1 atom stereocenters. The van der Waals surface area contributed by atoms with E-state index in [0.29, 0.717) is 18.1 Å². The van der Waals surface area contributed by atoms with Crippen molar-refractivity contribution in [1.82, 2.24) is 4.98 Å². The Bertz CT molecular complexity index is 1200. The Labute approximate surface area is 204 Å². The molecule has 1 saturated heterocycles. The minimum absolute atomic E-state index is 0.0322. The molecule has 0 N–H and O–H groups in total. The summed E-state index contributed by atoms with van der Waals surface area (Å²) in [7, 11) is 1.65. The number of para-hydroxylation sites is 1. The molecule has 34 heavy (non-hydrogen) atoms. The van der Waals surface area contributed by atoms with Crippen molar-refractivity contribution in [2.45, 2.75) is 31.3 Å². The molecular weight excluding hydrogens is 444 g/mol. The number of thiazole rings is 1. The number of carbonyl (C=O) groups is 1. The lowest BCUT2D eigenvalue weighted by atomic mass is 9.88. The molecule has 1 fully saturated rings. The number of anilines is 1. The summed E-state index contributed by atoms with van der Waals surface area (Å²) < 4.78 is 12.4. The summed E-state index contributed by atoms with van der Waals surface area (Å²) in [5.41, 5.74) is 3.05. The average molecular weight is 473 g/mol. The van der Waals surface area contributed by atoms with Gasteiger partial charge in [-0.15, -0.1) is 0 Å². The predicted molar refractivity (Wildman–Crippen MR) is 137 cm³/mol. The number of aromatic nitrogens is 1. The highest BCUT2D eigenvalue weighted by atomic mass is 32.1. The standard InChI is InChI=1S/C28H28N2O3S/c1-32-24-15-8-16-25-27(24)29-28(34-25)30(19-22-14-9-17-33-22)26(31)18-23(20-10-4-2-5-11-20)21-12-6-3-7-13-21/h2-8,10-13,15-16,22-23H,9,14,17-19H2,1H3/t22-/m1/s1. The van der Waals surface area contributed by atoms with E-state index in [1.54, 1.807) is 7.11 Å². The van der Waals surface area contributed by atoms with Crippen LogP contribution in [0.4, 0.5) is 5.13 Å². The predicted octanol–water partition coefficient (Wildman–Crippen LogP) is 6.04. The van der Waals surface area contributed by atoms with Crippen molar-refractivity contribution in [3.63, 3.8) is 0 Å². The largest absolute Gasteiger partial charge is 0.494 e. The Morgan fingerprint density at radius 1 is 1.06 bits per heavy atom. The Morgan fingerprint density at radius 3 is 2.38 bits per heavy atom. The molecule has 0 radical (unpaired) electrons. The molecule has 1 aromatic heterocycles. The van der Waals surface area contributed by atoms with Crippen LogP contribution in [0, 0.1) is 0 Å². The van der Waals surface area contributed by atoms with Crippen LogP contribution in [0.3, 0.4) is 0 Å². The Balaban J connectivity index is 1.49. The van der Waals surface area contributed by atoms with Crippen LogP contribution in [-0.2, 0) is 9.53 Å². The monoisotopic (exact) mass is 472 g/mol. The summed E-state index contributed by atoms with van der Waals surface area (Å²) in [6.45, 7) is 1.26. The highest BCUT2D eigenvalue weighted by Gasteiger charge is 2.29. The summed E-state index contributed by atoms with van der Waals surface area (Å²) >= 11 is 1.52. The van der Waals surface area contributed by atoms with E-state index in [9.17, 15) is 4.79 Å². The zero-order valence-electron chi connectivity index (χ0n) is 19.2. The van der Waals surface area contributed by atoms with Crippen molar-refractivity contribution >= 4 is 32.6 Å². The molecule has 1 amide bonds. The third-order valence-electron chi connectivity index (χ3n) is 6.32. The molecule has 6 heteroatoms. The van der Waals surface area contributed by atoms with Crippen molar-refractivity contribution in [3.05, 3.63) is 90.0 Å². The molecule has 1 aliphatic heterocycles. The van der Waals surface area contributed by atoms with Gasteiger partial charge in [0, 0.05) is 18.9 Å². The first kappa shape index (κ1) is 22.6. The second kappa shape index (κ2) is 10.4. The van der Waals surface area contributed by atoms with E-state index in [-0.39, 0.29) is 17.9 Å². The molecule has 0 bridgehead atoms. The first-order chi connectivity index (χ1) is 16.7. The molecule has 0 spiro atoms. The van der Waals surface area contributed by atoms with E-state index in [1.165, 1.54) is 11.3 Å². The van der Waals surface area contributed by atoms with Gasteiger partial charge in [-0.2, -0.15) is 0 Å². The van der Waals surface area contributed by atoms with Crippen LogP contribution in [0.25, 0.3) is 10.2 Å². The number of hydrogen-bond donors (Lipinski definition) is 0. The van der Waals surface area contributed by atoms with Gasteiger partial charge < -0.3 is 9.47 Å². The van der Waals surface area contributed by atoms with Gasteiger partial charge >= 0.3 is 0 Å². The van der Waals surface area contributed by atoms with Gasteiger partial charge in [0.1, 0.15) is 11.3 Å². The Morgan fingerprint density at radius 2 is 1.76 bits per heavy atom. The maximum Gasteiger partial charge on any atom is 0.229 e. The zero-order valence-corrected chi connectivity index (χ0v) is 20.0. The highest BCUT2D eigenvalue weighted by Crippen LogP contribution is 2.36. The number of amides is 1. The number of methoxy groups -OCH3 is 1. The van der Waals surface area contributed by atoms with Crippen molar-refractivity contribution in [2.75, 3.05) is 25.2 Å². The first-order valence-electron chi connectivity index (χ1n) is 11.7. The van der Waals surface area contributed by atoms with Gasteiger partial charge in [-0.25, -0.2) is 4.98 Å². The van der Waals surface area contributed by atoms with Crippen LogP contribution in [0.5, 0.6) is 5.75 Å². The summed E-state index contributed by atoms with van der Waals surface area (Å²) in [5.74, 6) is 0.730. The lowest BCUT2D eigenvalue weighted by Crippen LogP contribution is -2.38. The van der Waals surface area contributed by atoms with Gasteiger partial charge in [-0.3, -0.25) is 9.69 Å². The van der Waals surface area contributed by atoms with Gasteiger partial charge in [-0.1, -0.05) is 78.1 Å². The second-order valence-electron chi connectivity index (χ2n) is 8.52. The van der Waals surface area contributed by atoms with Gasteiger partial charge in [0.15, 0.2) is 5.13 Å². The number of rotatable bonds is 8. The van der Waals surface area contributed by atoms with Crippen LogP contribution in [0.15, 0.2) is 78.9 Å². The Hall–Kier alpha value is -3.22. The van der Waals surface area contributed by atoms with E-state index in [1.807, 2.05) is 59.5 Å². The summed E-state index contributed by atoms with van der Waals surface area (Å²) in [5, 5.41) is 0.694. The van der Waals surface area contributed by atoms with Crippen LogP contribution >= 0.6 is 11.3 Å². The highest BCUT2D eigenvalue weighted by molar-refractivity contribution is 7.22. The van der Waals surface area contributed by atoms with Gasteiger partial charge in [0.25, 0.3) is 0 Å². The Kier molecular flexibility index (Phi) is 6.88. The minimum Gasteiger partial charge on any atom is -0.494 e. The van der Waals surface area contributed by atoms with Crippen LogP contribution in [-0.4, -0.2) is 37.3 Å². The molecule has 174 valence electrons. The lowest BCUT2D eigenvalue weighted by molar-refractivity contribution is -0.119. The molecule has 0 saturated carbocycles. The summed E-state index contributed by atoms with van der Waals surface area (Å²) in [6, 6.07) is 26.4. The van der Waals surface area contributed by atoms with E-state index in [0.717, 1.165) is 46.5 Å². The number of carbonyl (C=O) groups excluding carboxylic acids is 1. The van der Waals surface area contributed by atoms with E-state index >= 15 is 0 Å². The third-order valence-corrected chi connectivity index (χ3v) is 7.36. The fourth-order valence-corrected chi connectivity index (χ4v) is 5.56. The number of hydrogen-bond acceptors (Lipinski definition) is 5. The van der Waals surface area contributed by atoms with Gasteiger partial charge in [0.05, 0.1) is 24.5 Å². The van der Waals surface area contributed by atoms with Crippen molar-refractivity contribution in [1.29, 1.82) is 0 Å². The molecule has 5 rings (SSSR count). The maximum atomic E-state index is 13.9. The molecule has 1 aliphatic rings. The van der Waals surface area contributed by atoms with Crippen molar-refractivity contribution < 1.29 is 14.3 Å². The maximum absolute atomic E-state index is 13.9. The molecule has 3 aromatic carbocycles. The zero-order chi connectivity index (χ0) is 23.3. The lowest BCUT2D eigenvalue weighted by Gasteiger charge is -2.26. The number of benzene rings is 3. The summed E-state index contributed by atoms with van der Waals surface area (Å²) in [4.78, 5) is 20.6. The van der Waals surface area contributed by atoms with Gasteiger partial charge in [-0.05, 0) is 36.1 Å². The molecule has 0 unspecified atom stereocenters. The fraction of sp³-hybridized carbons (Fsp3) is 0.286. The van der Waals surface area contributed by atoms with Gasteiger partial charge in [0.2, 0.25) is 5.91 Å². The SMILES string of the molecule is COc1cccc2sc(N(C[C@H]3CCCO3)C(=O)CC(c3ccccc3)c3ccccc3)nc12. The fourth-order valence-electron chi connectivity index (χ4n) is 4.55. The molecule has 2 heterocycles. The van der Waals surface area contributed by atoms with Crippen LogP contribution in [0.1, 0.15) is 36.3 Å². The molecule has 5 nitrogen and oxygen atoms in total. The van der Waals surface area contributed by atoms with Crippen LogP contribution in [0.2, 0.25) is 0 Å². The van der Waals surface area contributed by atoms with E-state index < -0.39 is 0 Å². The number of ether oxygens (including phenoxy) is 2. The summed E-state index contributed by atoms with van der Waals surface area (Å²) in [6.07, 6.45) is 2.37. The quantitative estimate of drug-likeness (QED) is 0.314. The molecule has 4 aromatic rings. The van der Waals surface area contributed by atoms with Crippen LogP contribution < -0.4 is 9.64 Å². The van der Waals surface area contributed by atoms with E-state index in [2.05, 4.69) is 24.3 Å². The molecular formula is C28H28N2O3S. The normalized spacial score (nSPS) is 15.6. The minimum atomic E-state index is -0.0363. The first-order valence-corrected chi connectivity index (χ1v) is 12.5. The van der Waals surface area contributed by atoms with Crippen molar-refractivity contribution in [3.8, 4) is 5.75 Å². The van der Waals surface area contributed by atoms with E-state index in [4.69, 9.17) is 14.5 Å². The molecule has 0 aliphatic carbocycles. The third kappa shape index (κ3) is 4.83. The second-order valence-corrected chi connectivity index (χ2v) is 9.53. The topological polar surface area (TPSA) is 51.7 Å². The number of nitrogens with zero attached hydrogens (tertiary/aromatic N) is 2.